The number of aryl methyl sites for hydroxylation is 1. The number of aromatic nitrogens is 3. The van der Waals surface area contributed by atoms with E-state index in [-0.39, 0.29) is 11.8 Å². The third-order valence-corrected chi connectivity index (χ3v) is 6.10. The highest BCUT2D eigenvalue weighted by atomic mass is 32.1. The molecule has 3 heterocycles. The minimum absolute atomic E-state index is 0.185. The molecule has 9 heteroatoms. The van der Waals surface area contributed by atoms with Gasteiger partial charge >= 0.3 is 6.09 Å². The van der Waals surface area contributed by atoms with Crippen LogP contribution >= 0.6 is 11.3 Å². The number of carbonyl (C=O) groups excluding carboxylic acids is 1. The highest BCUT2D eigenvalue weighted by Crippen LogP contribution is 2.33. The molecule has 1 aliphatic rings. The van der Waals surface area contributed by atoms with Gasteiger partial charge in [0.15, 0.2) is 5.82 Å². The smallest absolute Gasteiger partial charge is 0.410 e. The van der Waals surface area contributed by atoms with Crippen molar-refractivity contribution in [1.29, 1.82) is 5.41 Å². The highest BCUT2D eigenvalue weighted by Gasteiger charge is 2.25. The lowest BCUT2D eigenvalue weighted by molar-refractivity contribution is 0.0270. The molecule has 0 saturated heterocycles. The Kier molecular flexibility index (Phi) is 6.16. The summed E-state index contributed by atoms with van der Waals surface area (Å²) in [5.41, 5.74) is 2.33. The van der Waals surface area contributed by atoms with Gasteiger partial charge in [-0.3, -0.25) is 0 Å². The number of allylic oxidation sites excluding steroid dienone is 1. The fourth-order valence-corrected chi connectivity index (χ4v) is 4.50. The number of aromatic amines is 1. The van der Waals surface area contributed by atoms with Crippen LogP contribution < -0.4 is 0 Å². The van der Waals surface area contributed by atoms with Crippen LogP contribution in [0.4, 0.5) is 9.18 Å². The van der Waals surface area contributed by atoms with Crippen molar-refractivity contribution in [2.45, 2.75) is 39.7 Å². The van der Waals surface area contributed by atoms with Crippen molar-refractivity contribution in [3.8, 4) is 0 Å². The van der Waals surface area contributed by atoms with E-state index < -0.39 is 11.4 Å². The Balaban J connectivity index is 1.52. The van der Waals surface area contributed by atoms with Crippen molar-refractivity contribution >= 4 is 45.0 Å². The molecule has 0 bridgehead atoms. The third-order valence-electron chi connectivity index (χ3n) is 5.03. The van der Waals surface area contributed by atoms with E-state index >= 15 is 0 Å². The van der Waals surface area contributed by atoms with Crippen molar-refractivity contribution in [3.63, 3.8) is 0 Å². The number of carbonyl (C=O) groups is 1. The third kappa shape index (κ3) is 5.36. The van der Waals surface area contributed by atoms with Crippen molar-refractivity contribution in [1.82, 2.24) is 19.9 Å². The van der Waals surface area contributed by atoms with Gasteiger partial charge in [-0.25, -0.2) is 19.2 Å². The van der Waals surface area contributed by atoms with Crippen LogP contribution in [0.1, 0.15) is 49.3 Å². The van der Waals surface area contributed by atoms with Crippen LogP contribution in [0.15, 0.2) is 30.5 Å². The molecule has 2 N–H and O–H groups in total. The van der Waals surface area contributed by atoms with Crippen LogP contribution in [-0.2, 0) is 4.74 Å². The lowest BCUT2D eigenvalue weighted by Gasteiger charge is -2.29. The molecule has 172 valence electrons. The van der Waals surface area contributed by atoms with Gasteiger partial charge in [0.05, 0.1) is 10.4 Å². The van der Waals surface area contributed by atoms with E-state index in [4.69, 9.17) is 10.1 Å². The van der Waals surface area contributed by atoms with E-state index in [1.807, 2.05) is 33.8 Å². The molecule has 7 nitrogen and oxygen atoms in total. The number of amides is 1. The summed E-state index contributed by atoms with van der Waals surface area (Å²) in [6, 6.07) is 3.13. The second kappa shape index (κ2) is 8.90. The lowest BCUT2D eigenvalue weighted by Crippen LogP contribution is -2.39. The van der Waals surface area contributed by atoms with Crippen LogP contribution in [0.5, 0.6) is 0 Å². The van der Waals surface area contributed by atoms with Gasteiger partial charge in [-0.15, -0.1) is 11.3 Å². The van der Waals surface area contributed by atoms with Gasteiger partial charge in [0.1, 0.15) is 21.9 Å². The summed E-state index contributed by atoms with van der Waals surface area (Å²) in [4.78, 5) is 25.7. The van der Waals surface area contributed by atoms with E-state index in [9.17, 15) is 9.18 Å². The number of benzene rings is 1. The Hall–Kier alpha value is -3.33. The number of hydrogen-bond donors (Lipinski definition) is 2. The second-order valence-electron chi connectivity index (χ2n) is 8.93. The number of ether oxygens (including phenoxy) is 1. The number of halogens is 1. The van der Waals surface area contributed by atoms with Crippen molar-refractivity contribution < 1.29 is 13.9 Å². The van der Waals surface area contributed by atoms with Crippen molar-refractivity contribution in [3.05, 3.63) is 58.4 Å². The zero-order valence-corrected chi connectivity index (χ0v) is 19.8. The van der Waals surface area contributed by atoms with Gasteiger partial charge in [0.2, 0.25) is 0 Å². The molecule has 0 unspecified atom stereocenters. The van der Waals surface area contributed by atoms with Gasteiger partial charge < -0.3 is 20.0 Å². The maximum atomic E-state index is 14.8. The molecular formula is C24H26FN5O2S. The Bertz CT molecular complexity index is 1280. The normalized spacial score (nSPS) is 14.7. The minimum Gasteiger partial charge on any atom is -0.444 e. The summed E-state index contributed by atoms with van der Waals surface area (Å²) >= 11 is 1.39. The topological polar surface area (TPSA) is 95.0 Å². The molecule has 1 amide bonds. The molecule has 0 radical (unpaired) electrons. The average molecular weight is 468 g/mol. The Labute approximate surface area is 195 Å². The summed E-state index contributed by atoms with van der Waals surface area (Å²) in [5.74, 6) is 0.187. The molecule has 1 aromatic carbocycles. The molecule has 2 aromatic heterocycles. The monoisotopic (exact) mass is 467 g/mol. The first-order valence-corrected chi connectivity index (χ1v) is 11.5. The van der Waals surface area contributed by atoms with E-state index in [0.29, 0.717) is 41.1 Å². The van der Waals surface area contributed by atoms with Gasteiger partial charge in [0, 0.05) is 30.5 Å². The number of nitrogens with one attached hydrogen (secondary N) is 2. The minimum atomic E-state index is -0.539. The molecular weight excluding hydrogens is 441 g/mol. The van der Waals surface area contributed by atoms with Crippen LogP contribution in [0.25, 0.3) is 21.9 Å². The number of nitrogens with zero attached hydrogens (tertiary/aromatic N) is 3. The zero-order chi connectivity index (χ0) is 23.8. The predicted molar refractivity (Wildman–Crippen MR) is 129 cm³/mol. The number of hydrogen-bond acceptors (Lipinski definition) is 6. The SMILES string of the molecule is Cc1cnc(/C=C\C(=N)c2cc(F)c3nc(C4=CCN(C(=O)OC(C)(C)C)CC4)sc3c2)[nH]1. The van der Waals surface area contributed by atoms with E-state index in [1.165, 1.54) is 17.4 Å². The highest BCUT2D eigenvalue weighted by molar-refractivity contribution is 7.19. The fraction of sp³-hybridized carbons (Fsp3) is 0.333. The Morgan fingerprint density at radius 1 is 1.36 bits per heavy atom. The molecule has 4 rings (SSSR count). The molecule has 0 spiro atoms. The number of rotatable bonds is 4. The van der Waals surface area contributed by atoms with E-state index in [1.54, 1.807) is 29.3 Å². The summed E-state index contributed by atoms with van der Waals surface area (Å²) in [6.07, 6.45) is 7.22. The summed E-state index contributed by atoms with van der Waals surface area (Å²) in [6.45, 7) is 8.37. The molecule has 0 fully saturated rings. The van der Waals surface area contributed by atoms with Gasteiger partial charge in [-0.05, 0) is 64.0 Å². The lowest BCUT2D eigenvalue weighted by atomic mass is 10.1. The average Bonchev–Trinajstić information content (AvgIpc) is 3.37. The van der Waals surface area contributed by atoms with E-state index in [2.05, 4.69) is 15.0 Å². The fourth-order valence-electron chi connectivity index (χ4n) is 3.41. The van der Waals surface area contributed by atoms with Crippen LogP contribution in [0.3, 0.4) is 0 Å². The summed E-state index contributed by atoms with van der Waals surface area (Å²) in [5, 5.41) is 9.05. The summed E-state index contributed by atoms with van der Waals surface area (Å²) < 4.78 is 20.9. The van der Waals surface area contributed by atoms with Crippen molar-refractivity contribution in [2.75, 3.05) is 13.1 Å². The van der Waals surface area contributed by atoms with Crippen LogP contribution in [-0.4, -0.2) is 50.3 Å². The van der Waals surface area contributed by atoms with Crippen LogP contribution in [0, 0.1) is 18.2 Å². The largest absolute Gasteiger partial charge is 0.444 e. The summed E-state index contributed by atoms with van der Waals surface area (Å²) in [7, 11) is 0. The number of thiazole rings is 1. The molecule has 0 atom stereocenters. The Morgan fingerprint density at radius 2 is 2.15 bits per heavy atom. The number of imidazole rings is 1. The first-order valence-electron chi connectivity index (χ1n) is 10.6. The molecule has 0 saturated carbocycles. The molecule has 0 aliphatic carbocycles. The quantitative estimate of drug-likeness (QED) is 0.490. The van der Waals surface area contributed by atoms with Crippen LogP contribution in [0.2, 0.25) is 0 Å². The number of fused-ring (bicyclic) bond motifs is 1. The Morgan fingerprint density at radius 3 is 2.79 bits per heavy atom. The number of H-pyrrole nitrogens is 1. The second-order valence-corrected chi connectivity index (χ2v) is 9.96. The first-order chi connectivity index (χ1) is 15.6. The zero-order valence-electron chi connectivity index (χ0n) is 19.0. The molecule has 3 aromatic rings. The maximum absolute atomic E-state index is 14.8. The maximum Gasteiger partial charge on any atom is 0.410 e. The van der Waals surface area contributed by atoms with E-state index in [0.717, 1.165) is 16.3 Å². The molecule has 1 aliphatic heterocycles. The first kappa shape index (κ1) is 22.8. The predicted octanol–water partition coefficient (Wildman–Crippen LogP) is 5.57. The van der Waals surface area contributed by atoms with Crippen molar-refractivity contribution in [2.24, 2.45) is 0 Å². The van der Waals surface area contributed by atoms with Gasteiger partial charge in [0.25, 0.3) is 0 Å². The standard InChI is InChI=1S/C24H26FN5O2S/c1-14-13-27-20(28-14)6-5-18(26)16-11-17(25)21-19(12-16)33-22(29-21)15-7-9-30(10-8-15)23(31)32-24(2,3)4/h5-7,11-13,26H,8-10H2,1-4H3,(H,27,28)/b6-5-,26-18?. The molecule has 33 heavy (non-hydrogen) atoms. The van der Waals surface area contributed by atoms with Gasteiger partial charge in [-0.2, -0.15) is 0 Å². The van der Waals surface area contributed by atoms with Gasteiger partial charge in [-0.1, -0.05) is 6.08 Å².